The Morgan fingerprint density at radius 2 is 1.74 bits per heavy atom. The second-order valence-electron chi connectivity index (χ2n) is 4.01. The molecule has 0 aliphatic rings. The van der Waals surface area contributed by atoms with Crippen molar-refractivity contribution in [1.29, 1.82) is 0 Å². The van der Waals surface area contributed by atoms with Crippen LogP contribution < -0.4 is 0 Å². The topological polar surface area (TPSA) is 104 Å². The van der Waals surface area contributed by atoms with E-state index >= 15 is 0 Å². The van der Waals surface area contributed by atoms with Gasteiger partial charge in [-0.3, -0.25) is 0 Å². The van der Waals surface area contributed by atoms with Crippen LogP contribution in [0.2, 0.25) is 0 Å². The molecule has 0 fully saturated rings. The number of rotatable bonds is 4. The summed E-state index contributed by atoms with van der Waals surface area (Å²) < 4.78 is 4.37. The number of carbonyl (C=O) groups is 3. The van der Waals surface area contributed by atoms with Gasteiger partial charge in [0, 0.05) is 13.1 Å². The standard InChI is InChI=1S/C11H10O2.C5H9NO4/c12-11(13)9-5-4-8-10-6-2-1-3-7-10;1-3-10-5(9)6(2)4(7)8/h1-9H,(H,12,13);3H2,1-2H3,(H,7,8). The summed E-state index contributed by atoms with van der Waals surface area (Å²) in [4.78, 5) is 31.1. The molecule has 0 spiro atoms. The van der Waals surface area contributed by atoms with E-state index in [1.807, 2.05) is 36.4 Å². The SMILES string of the molecule is CCOC(=O)N(C)C(=O)O.O=C(O)C=CC=Cc1ccccc1. The molecule has 1 aromatic rings. The van der Waals surface area contributed by atoms with Gasteiger partial charge in [0.1, 0.15) is 0 Å². The van der Waals surface area contributed by atoms with Crippen LogP contribution in [0.3, 0.4) is 0 Å². The summed E-state index contributed by atoms with van der Waals surface area (Å²) in [7, 11) is 1.13. The van der Waals surface area contributed by atoms with E-state index in [2.05, 4.69) is 4.74 Å². The number of carboxylic acids is 1. The number of aliphatic carboxylic acids is 1. The third kappa shape index (κ3) is 10.3. The van der Waals surface area contributed by atoms with Crippen LogP contribution in [0.4, 0.5) is 9.59 Å². The molecule has 23 heavy (non-hydrogen) atoms. The molecule has 1 aromatic carbocycles. The lowest BCUT2D eigenvalue weighted by atomic mass is 10.2. The summed E-state index contributed by atoms with van der Waals surface area (Å²) in [5.41, 5.74) is 1.05. The number of hydrogen-bond donors (Lipinski definition) is 2. The summed E-state index contributed by atoms with van der Waals surface area (Å²) in [6.45, 7) is 1.78. The monoisotopic (exact) mass is 321 g/mol. The Bertz CT molecular complexity index is 565. The molecular weight excluding hydrogens is 302 g/mol. The van der Waals surface area contributed by atoms with Crippen LogP contribution in [0.5, 0.6) is 0 Å². The zero-order chi connectivity index (χ0) is 17.7. The molecule has 0 aromatic heterocycles. The van der Waals surface area contributed by atoms with Gasteiger partial charge in [-0.25, -0.2) is 19.3 Å². The van der Waals surface area contributed by atoms with Gasteiger partial charge in [0.2, 0.25) is 0 Å². The van der Waals surface area contributed by atoms with Gasteiger partial charge in [-0.05, 0) is 12.5 Å². The van der Waals surface area contributed by atoms with Crippen LogP contribution in [0, 0.1) is 0 Å². The maximum Gasteiger partial charge on any atom is 0.419 e. The number of imide groups is 1. The van der Waals surface area contributed by atoms with Crippen molar-refractivity contribution >= 4 is 24.2 Å². The Kier molecular flexibility index (Phi) is 10.0. The second-order valence-corrected chi connectivity index (χ2v) is 4.01. The third-order valence-corrected chi connectivity index (χ3v) is 2.27. The van der Waals surface area contributed by atoms with E-state index in [-0.39, 0.29) is 6.61 Å². The smallest absolute Gasteiger partial charge is 0.419 e. The Morgan fingerprint density at radius 1 is 1.13 bits per heavy atom. The highest BCUT2D eigenvalue weighted by atomic mass is 16.6. The second kappa shape index (κ2) is 11.6. The highest BCUT2D eigenvalue weighted by Gasteiger charge is 2.15. The molecule has 124 valence electrons. The van der Waals surface area contributed by atoms with Crippen molar-refractivity contribution in [3.63, 3.8) is 0 Å². The van der Waals surface area contributed by atoms with Gasteiger partial charge in [0.05, 0.1) is 6.61 Å². The summed E-state index contributed by atoms with van der Waals surface area (Å²) >= 11 is 0. The molecule has 2 amide bonds. The molecule has 7 heteroatoms. The number of hydrogen-bond acceptors (Lipinski definition) is 4. The lowest BCUT2D eigenvalue weighted by Crippen LogP contribution is -2.32. The van der Waals surface area contributed by atoms with Crippen LogP contribution in [0.25, 0.3) is 6.08 Å². The molecule has 0 unspecified atom stereocenters. The first-order chi connectivity index (χ1) is 10.9. The van der Waals surface area contributed by atoms with Gasteiger partial charge in [0.15, 0.2) is 0 Å². The van der Waals surface area contributed by atoms with E-state index in [1.54, 1.807) is 13.0 Å². The van der Waals surface area contributed by atoms with Gasteiger partial charge >= 0.3 is 18.2 Å². The summed E-state index contributed by atoms with van der Waals surface area (Å²) in [5.74, 6) is -0.933. The van der Waals surface area contributed by atoms with E-state index in [4.69, 9.17) is 10.2 Å². The minimum Gasteiger partial charge on any atom is -0.478 e. The molecule has 0 heterocycles. The number of ether oxygens (including phenoxy) is 1. The van der Waals surface area contributed by atoms with E-state index in [1.165, 1.54) is 6.08 Å². The lowest BCUT2D eigenvalue weighted by Gasteiger charge is -2.09. The van der Waals surface area contributed by atoms with Crippen molar-refractivity contribution in [1.82, 2.24) is 4.90 Å². The van der Waals surface area contributed by atoms with Gasteiger partial charge in [-0.2, -0.15) is 0 Å². The van der Waals surface area contributed by atoms with Crippen molar-refractivity contribution in [3.05, 3.63) is 54.1 Å². The fourth-order valence-corrected chi connectivity index (χ4v) is 1.17. The molecule has 0 aliphatic heterocycles. The number of benzene rings is 1. The minimum atomic E-state index is -1.32. The molecule has 0 aliphatic carbocycles. The first-order valence-corrected chi connectivity index (χ1v) is 6.64. The van der Waals surface area contributed by atoms with Gasteiger partial charge in [-0.1, -0.05) is 48.6 Å². The zero-order valence-corrected chi connectivity index (χ0v) is 12.9. The first-order valence-electron chi connectivity index (χ1n) is 6.64. The number of carboxylic acid groups (broad SMARTS) is 2. The number of nitrogens with zero attached hydrogens (tertiary/aromatic N) is 1. The molecule has 0 saturated carbocycles. The number of allylic oxidation sites excluding steroid dienone is 2. The zero-order valence-electron chi connectivity index (χ0n) is 12.9. The van der Waals surface area contributed by atoms with E-state index < -0.39 is 18.2 Å². The summed E-state index contributed by atoms with van der Waals surface area (Å²) in [5, 5.41) is 16.5. The van der Waals surface area contributed by atoms with Crippen LogP contribution >= 0.6 is 0 Å². The molecule has 0 radical (unpaired) electrons. The molecule has 1 rings (SSSR count). The normalized spacial score (nSPS) is 10.0. The quantitative estimate of drug-likeness (QED) is 0.652. The third-order valence-electron chi connectivity index (χ3n) is 2.27. The fourth-order valence-electron chi connectivity index (χ4n) is 1.17. The maximum atomic E-state index is 10.5. The molecule has 2 N–H and O–H groups in total. The highest BCUT2D eigenvalue weighted by molar-refractivity contribution is 5.86. The van der Waals surface area contributed by atoms with Gasteiger partial charge in [0.25, 0.3) is 0 Å². The highest BCUT2D eigenvalue weighted by Crippen LogP contribution is 2.00. The number of carbonyl (C=O) groups excluding carboxylic acids is 1. The van der Waals surface area contributed by atoms with Gasteiger partial charge < -0.3 is 14.9 Å². The van der Waals surface area contributed by atoms with E-state index in [9.17, 15) is 14.4 Å². The van der Waals surface area contributed by atoms with Crippen LogP contribution in [-0.2, 0) is 9.53 Å². The average Bonchev–Trinajstić information content (AvgIpc) is 2.52. The Morgan fingerprint density at radius 3 is 2.22 bits per heavy atom. The lowest BCUT2D eigenvalue weighted by molar-refractivity contribution is -0.131. The van der Waals surface area contributed by atoms with Crippen LogP contribution in [0.15, 0.2) is 48.6 Å². The predicted molar refractivity (Wildman–Crippen MR) is 85.1 cm³/mol. The minimum absolute atomic E-state index is 0.177. The van der Waals surface area contributed by atoms with Crippen molar-refractivity contribution in [2.45, 2.75) is 6.92 Å². The molecule has 0 saturated heterocycles. The predicted octanol–water partition coefficient (Wildman–Crippen LogP) is 3.09. The molecular formula is C16H19NO6. The maximum absolute atomic E-state index is 10.5. The van der Waals surface area contributed by atoms with Crippen LogP contribution in [0.1, 0.15) is 12.5 Å². The molecule has 0 atom stereocenters. The summed E-state index contributed by atoms with van der Waals surface area (Å²) in [6, 6.07) is 9.70. The van der Waals surface area contributed by atoms with Crippen molar-refractivity contribution in [2.24, 2.45) is 0 Å². The van der Waals surface area contributed by atoms with Crippen molar-refractivity contribution in [2.75, 3.05) is 13.7 Å². The molecule has 7 nitrogen and oxygen atoms in total. The fraction of sp³-hybridized carbons (Fsp3) is 0.188. The Hall–Kier alpha value is -3.09. The van der Waals surface area contributed by atoms with Crippen molar-refractivity contribution in [3.8, 4) is 0 Å². The number of amides is 2. The van der Waals surface area contributed by atoms with Crippen molar-refractivity contribution < 1.29 is 29.3 Å². The van der Waals surface area contributed by atoms with Gasteiger partial charge in [-0.15, -0.1) is 0 Å². The Labute approximate surface area is 134 Å². The van der Waals surface area contributed by atoms with E-state index in [0.717, 1.165) is 18.7 Å². The largest absolute Gasteiger partial charge is 0.478 e. The Balaban J connectivity index is 0.000000438. The average molecular weight is 321 g/mol. The van der Waals surface area contributed by atoms with Crippen LogP contribution in [-0.4, -0.2) is 46.9 Å². The first kappa shape index (κ1) is 19.9. The summed E-state index contributed by atoms with van der Waals surface area (Å²) in [6.07, 6.45) is 3.96. The van der Waals surface area contributed by atoms with E-state index in [0.29, 0.717) is 4.90 Å². The molecule has 0 bridgehead atoms.